The summed E-state index contributed by atoms with van der Waals surface area (Å²) >= 11 is 0. The molecule has 174 valence electrons. The zero-order valence-electron chi connectivity index (χ0n) is 19.0. The minimum atomic E-state index is -0.822. The van der Waals surface area contributed by atoms with E-state index in [4.69, 9.17) is 4.74 Å². The van der Waals surface area contributed by atoms with Crippen molar-refractivity contribution in [3.63, 3.8) is 0 Å². The van der Waals surface area contributed by atoms with Crippen molar-refractivity contribution in [1.29, 1.82) is 0 Å². The average molecular weight is 451 g/mol. The van der Waals surface area contributed by atoms with Gasteiger partial charge in [-0.25, -0.2) is 4.79 Å². The van der Waals surface area contributed by atoms with Gasteiger partial charge in [-0.05, 0) is 48.4 Å². The summed E-state index contributed by atoms with van der Waals surface area (Å²) in [5.41, 5.74) is 4.57. The smallest absolute Gasteiger partial charge is 0.407 e. The fourth-order valence-corrected chi connectivity index (χ4v) is 5.04. The molecule has 3 atom stereocenters. The number of fused-ring (bicyclic) bond motifs is 3. The SMILES string of the molecule is CC[C@H](NC(=O)OCC1c2ccccc2-c2ccccc21)C(=O)N1CC[C@@H](C(=O)O)C[C@H]1C. The number of benzene rings is 2. The number of amides is 2. The summed E-state index contributed by atoms with van der Waals surface area (Å²) in [4.78, 5) is 38.6. The van der Waals surface area contributed by atoms with Crippen molar-refractivity contribution >= 4 is 18.0 Å². The highest BCUT2D eigenvalue weighted by molar-refractivity contribution is 5.86. The lowest BCUT2D eigenvalue weighted by molar-refractivity contribution is -0.148. The Bertz CT molecular complexity index is 1010. The number of carbonyl (C=O) groups is 3. The molecule has 1 fully saturated rings. The molecular formula is C26H30N2O5. The van der Waals surface area contributed by atoms with E-state index in [1.807, 2.05) is 38.1 Å². The van der Waals surface area contributed by atoms with E-state index in [0.717, 1.165) is 22.3 Å². The Kier molecular flexibility index (Phi) is 6.67. The van der Waals surface area contributed by atoms with Crippen molar-refractivity contribution in [3.05, 3.63) is 59.7 Å². The van der Waals surface area contributed by atoms with E-state index in [-0.39, 0.29) is 24.5 Å². The number of hydrogen-bond acceptors (Lipinski definition) is 4. The van der Waals surface area contributed by atoms with E-state index >= 15 is 0 Å². The number of rotatable bonds is 6. The first-order valence-corrected chi connectivity index (χ1v) is 11.6. The van der Waals surface area contributed by atoms with Crippen molar-refractivity contribution in [2.24, 2.45) is 5.92 Å². The zero-order chi connectivity index (χ0) is 23.5. The van der Waals surface area contributed by atoms with Crippen molar-refractivity contribution in [1.82, 2.24) is 10.2 Å². The predicted molar refractivity (Wildman–Crippen MR) is 124 cm³/mol. The van der Waals surface area contributed by atoms with Gasteiger partial charge in [-0.2, -0.15) is 0 Å². The standard InChI is InChI=1S/C26H30N2O5/c1-3-23(24(29)28-13-12-17(25(30)31)14-16(28)2)27-26(32)33-15-22-20-10-6-4-8-18(20)19-9-5-7-11-21(19)22/h4-11,16-17,22-23H,3,12-15H2,1-2H3,(H,27,32)(H,30,31)/t16-,17-,23+/m1/s1. The maximum atomic E-state index is 13.0. The van der Waals surface area contributed by atoms with E-state index in [1.165, 1.54) is 0 Å². The Morgan fingerprint density at radius 2 is 1.70 bits per heavy atom. The van der Waals surface area contributed by atoms with Crippen molar-refractivity contribution in [2.45, 2.75) is 51.1 Å². The molecule has 1 heterocycles. The van der Waals surface area contributed by atoms with Crippen LogP contribution in [0.15, 0.2) is 48.5 Å². The molecule has 2 aliphatic rings. The van der Waals surface area contributed by atoms with Crippen molar-refractivity contribution in [2.75, 3.05) is 13.2 Å². The number of aliphatic carboxylic acids is 1. The maximum Gasteiger partial charge on any atom is 0.407 e. The number of hydrogen-bond donors (Lipinski definition) is 2. The molecule has 2 aromatic rings. The van der Waals surface area contributed by atoms with Gasteiger partial charge in [-0.15, -0.1) is 0 Å². The Labute approximate surface area is 193 Å². The highest BCUT2D eigenvalue weighted by atomic mass is 16.5. The van der Waals surface area contributed by atoms with Crippen LogP contribution < -0.4 is 5.32 Å². The molecule has 7 nitrogen and oxygen atoms in total. The van der Waals surface area contributed by atoms with E-state index < -0.39 is 24.0 Å². The predicted octanol–water partition coefficient (Wildman–Crippen LogP) is 4.02. The maximum absolute atomic E-state index is 13.0. The molecule has 1 aliphatic carbocycles. The lowest BCUT2D eigenvalue weighted by Gasteiger charge is -2.38. The molecule has 0 saturated carbocycles. The molecule has 33 heavy (non-hydrogen) atoms. The summed E-state index contributed by atoms with van der Waals surface area (Å²) in [7, 11) is 0. The van der Waals surface area contributed by atoms with E-state index in [1.54, 1.807) is 4.90 Å². The van der Waals surface area contributed by atoms with Gasteiger partial charge in [0.15, 0.2) is 0 Å². The van der Waals surface area contributed by atoms with Gasteiger partial charge in [-0.3, -0.25) is 9.59 Å². The topological polar surface area (TPSA) is 95.9 Å². The second-order valence-corrected chi connectivity index (χ2v) is 8.87. The molecule has 0 spiro atoms. The first-order chi connectivity index (χ1) is 15.9. The molecule has 0 bridgehead atoms. The van der Waals surface area contributed by atoms with Gasteiger partial charge in [0, 0.05) is 18.5 Å². The first kappa shape index (κ1) is 22.8. The fourth-order valence-electron chi connectivity index (χ4n) is 5.04. The Balaban J connectivity index is 1.37. The van der Waals surface area contributed by atoms with Crippen LogP contribution in [0.1, 0.15) is 50.2 Å². The van der Waals surface area contributed by atoms with Gasteiger partial charge in [0.25, 0.3) is 0 Å². The molecule has 1 aliphatic heterocycles. The number of carboxylic acid groups (broad SMARTS) is 1. The third kappa shape index (κ3) is 4.58. The summed E-state index contributed by atoms with van der Waals surface area (Å²) in [6, 6.07) is 15.4. The highest BCUT2D eigenvalue weighted by Gasteiger charge is 2.35. The van der Waals surface area contributed by atoms with Crippen LogP contribution >= 0.6 is 0 Å². The minimum absolute atomic E-state index is 0.0472. The normalized spacial score (nSPS) is 20.5. The Hall–Kier alpha value is -3.35. The summed E-state index contributed by atoms with van der Waals surface area (Å²) in [5, 5.41) is 12.0. The summed E-state index contributed by atoms with van der Waals surface area (Å²) < 4.78 is 5.59. The third-order valence-electron chi connectivity index (χ3n) is 6.85. The van der Waals surface area contributed by atoms with Gasteiger partial charge in [-0.1, -0.05) is 55.5 Å². The summed E-state index contributed by atoms with van der Waals surface area (Å²) in [6.45, 7) is 4.25. The van der Waals surface area contributed by atoms with Gasteiger partial charge in [0.2, 0.25) is 5.91 Å². The van der Waals surface area contributed by atoms with Crippen molar-refractivity contribution < 1.29 is 24.2 Å². The summed E-state index contributed by atoms with van der Waals surface area (Å²) in [6.07, 6.45) is 0.647. The number of nitrogens with zero attached hydrogens (tertiary/aromatic N) is 1. The number of carboxylic acids is 1. The van der Waals surface area contributed by atoms with Crippen LogP contribution in [0, 0.1) is 5.92 Å². The van der Waals surface area contributed by atoms with Gasteiger partial charge in [0.1, 0.15) is 12.6 Å². The average Bonchev–Trinajstić information content (AvgIpc) is 3.14. The monoisotopic (exact) mass is 450 g/mol. The molecular weight excluding hydrogens is 420 g/mol. The number of likely N-dealkylation sites (tertiary alicyclic amines) is 1. The molecule has 0 radical (unpaired) electrons. The third-order valence-corrected chi connectivity index (χ3v) is 6.85. The largest absolute Gasteiger partial charge is 0.481 e. The molecule has 2 amide bonds. The molecule has 2 aromatic carbocycles. The van der Waals surface area contributed by atoms with Gasteiger partial charge < -0.3 is 20.1 Å². The van der Waals surface area contributed by atoms with E-state index in [9.17, 15) is 19.5 Å². The lowest BCUT2D eigenvalue weighted by atomic mass is 9.91. The quantitative estimate of drug-likeness (QED) is 0.693. The van der Waals surface area contributed by atoms with Crippen LogP contribution in [0.25, 0.3) is 11.1 Å². The number of ether oxygens (including phenoxy) is 1. The zero-order valence-corrected chi connectivity index (χ0v) is 19.0. The highest BCUT2D eigenvalue weighted by Crippen LogP contribution is 2.44. The van der Waals surface area contributed by atoms with Crippen LogP contribution in [0.4, 0.5) is 4.79 Å². The van der Waals surface area contributed by atoms with Crippen LogP contribution in [0.5, 0.6) is 0 Å². The number of nitrogens with one attached hydrogen (secondary N) is 1. The molecule has 0 aromatic heterocycles. The number of alkyl carbamates (subject to hydrolysis) is 1. The Morgan fingerprint density at radius 1 is 1.09 bits per heavy atom. The van der Waals surface area contributed by atoms with Crippen molar-refractivity contribution in [3.8, 4) is 11.1 Å². The number of carbonyl (C=O) groups excluding carboxylic acids is 2. The van der Waals surface area contributed by atoms with E-state index in [2.05, 4.69) is 29.6 Å². The summed E-state index contributed by atoms with van der Waals surface area (Å²) in [5.74, 6) is -1.49. The van der Waals surface area contributed by atoms with Gasteiger partial charge in [0.05, 0.1) is 5.92 Å². The first-order valence-electron chi connectivity index (χ1n) is 11.6. The van der Waals surface area contributed by atoms with Gasteiger partial charge >= 0.3 is 12.1 Å². The second-order valence-electron chi connectivity index (χ2n) is 8.87. The van der Waals surface area contributed by atoms with E-state index in [0.29, 0.717) is 25.8 Å². The number of piperidine rings is 1. The van der Waals surface area contributed by atoms with Crippen LogP contribution in [-0.2, 0) is 14.3 Å². The lowest BCUT2D eigenvalue weighted by Crippen LogP contribution is -2.54. The Morgan fingerprint density at radius 3 is 2.24 bits per heavy atom. The minimum Gasteiger partial charge on any atom is -0.481 e. The van der Waals surface area contributed by atoms with Crippen LogP contribution in [-0.4, -0.2) is 53.2 Å². The van der Waals surface area contributed by atoms with Crippen LogP contribution in [0.2, 0.25) is 0 Å². The molecule has 7 heteroatoms. The second kappa shape index (κ2) is 9.65. The molecule has 2 N–H and O–H groups in total. The molecule has 1 saturated heterocycles. The van der Waals surface area contributed by atoms with Crippen LogP contribution in [0.3, 0.4) is 0 Å². The molecule has 4 rings (SSSR count). The fraction of sp³-hybridized carbons (Fsp3) is 0.423. The molecule has 0 unspecified atom stereocenters.